The quantitative estimate of drug-likeness (QED) is 0.174. The lowest BCUT2D eigenvalue weighted by Crippen LogP contribution is -2.38. The first kappa shape index (κ1) is 34.0. The second-order valence-electron chi connectivity index (χ2n) is 9.95. The average molecular weight is 605 g/mol. The Balaban J connectivity index is 0.00000127. The Morgan fingerprint density at radius 2 is 1.66 bits per heavy atom. The molecule has 4 aromatic rings. The second kappa shape index (κ2) is 15.8. The molecule has 5 rings (SSSR count). The van der Waals surface area contributed by atoms with Crippen molar-refractivity contribution in [3.63, 3.8) is 0 Å². The molecule has 1 aliphatic rings. The van der Waals surface area contributed by atoms with E-state index in [4.69, 9.17) is 19.9 Å². The third kappa shape index (κ3) is 7.32. The van der Waals surface area contributed by atoms with Gasteiger partial charge in [0.1, 0.15) is 36.1 Å². The van der Waals surface area contributed by atoms with Gasteiger partial charge in [0.15, 0.2) is 0 Å². The summed E-state index contributed by atoms with van der Waals surface area (Å²) in [5.41, 5.74) is 3.71. The van der Waals surface area contributed by atoms with E-state index in [0.717, 1.165) is 18.2 Å². The number of urea groups is 1. The van der Waals surface area contributed by atoms with E-state index in [0.29, 0.717) is 34.1 Å². The Morgan fingerprint density at radius 3 is 2.27 bits per heavy atom. The van der Waals surface area contributed by atoms with Crippen LogP contribution in [-0.4, -0.2) is 57.3 Å². The smallest absolute Gasteiger partial charge is 0.325 e. The number of imidazole rings is 1. The fourth-order valence-electron chi connectivity index (χ4n) is 5.12. The summed E-state index contributed by atoms with van der Waals surface area (Å²) in [6.07, 6.45) is 0. The third-order valence-corrected chi connectivity index (χ3v) is 7.18. The van der Waals surface area contributed by atoms with Gasteiger partial charge in [-0.25, -0.2) is 14.2 Å². The van der Waals surface area contributed by atoms with Crippen LogP contribution >= 0.6 is 0 Å². The molecule has 44 heavy (non-hydrogen) atoms. The molecule has 4 N–H and O–H groups in total. The number of aromatic nitrogens is 2. The van der Waals surface area contributed by atoms with E-state index in [-0.39, 0.29) is 19.1 Å². The number of rotatable bonds is 9. The first-order valence-electron chi connectivity index (χ1n) is 14.6. The van der Waals surface area contributed by atoms with Crippen LogP contribution in [0.15, 0.2) is 72.8 Å². The molecule has 9 nitrogen and oxygen atoms in total. The van der Waals surface area contributed by atoms with Crippen molar-refractivity contribution in [3.05, 3.63) is 107 Å². The van der Waals surface area contributed by atoms with E-state index in [2.05, 4.69) is 10.3 Å². The number of nitrogens with one attached hydrogen (secondary N) is 2. The molecule has 3 amide bonds. The number of carbonyl (C=O) groups excluding carboxylic acids is 2. The van der Waals surface area contributed by atoms with Crippen molar-refractivity contribution in [2.75, 3.05) is 20.3 Å². The molecular weight excluding hydrogens is 563 g/mol. The van der Waals surface area contributed by atoms with Gasteiger partial charge in [0.25, 0.3) is 5.91 Å². The fourth-order valence-corrected chi connectivity index (χ4v) is 5.12. The average Bonchev–Trinajstić information content (AvgIpc) is 3.57. The van der Waals surface area contributed by atoms with E-state index in [9.17, 15) is 14.0 Å². The van der Waals surface area contributed by atoms with Crippen LogP contribution in [0.2, 0.25) is 0 Å². The monoisotopic (exact) mass is 604 g/mol. The maximum atomic E-state index is 14.9. The van der Waals surface area contributed by atoms with E-state index >= 15 is 0 Å². The van der Waals surface area contributed by atoms with Gasteiger partial charge in [-0.2, -0.15) is 0 Å². The van der Waals surface area contributed by atoms with Gasteiger partial charge in [0.05, 0.1) is 12.3 Å². The Hall–Kier alpha value is -4.54. The molecule has 1 aliphatic heterocycles. The molecule has 2 unspecified atom stereocenters. The number of benzene rings is 3. The first-order valence-corrected chi connectivity index (χ1v) is 14.6. The normalized spacial score (nSPS) is 15.4. The van der Waals surface area contributed by atoms with Gasteiger partial charge in [-0.1, -0.05) is 69.3 Å². The van der Waals surface area contributed by atoms with E-state index < -0.39 is 29.8 Å². The summed E-state index contributed by atoms with van der Waals surface area (Å²) in [4.78, 5) is 36.5. The van der Waals surface area contributed by atoms with Gasteiger partial charge in [0.2, 0.25) is 0 Å². The minimum absolute atomic E-state index is 0.112. The molecule has 1 fully saturated rings. The molecule has 0 aliphatic carbocycles. The number of ether oxygens (including phenoxy) is 1. The van der Waals surface area contributed by atoms with Gasteiger partial charge in [0, 0.05) is 24.3 Å². The number of aliphatic hydroxyl groups excluding tert-OH is 2. The summed E-state index contributed by atoms with van der Waals surface area (Å²) in [7, 11) is 1.00. The number of nitrogens with zero attached hydrogens (tertiary/aromatic N) is 2. The standard InChI is InChI=1S/C31H31FN4O4.C2H6.CH4O/c1-18-9-14-24(25(32)17-18)26-20(3)33-29(34-26)28(19(2)21-7-5-4-6-8-21)36-30(38)27(35-31(36)39)22-10-12-23(13-11-22)40-16-15-37;2*1-2/h4-14,17,19,27-28,37H,15-16H2,1-3H3,(H,33,34)(H,35,39);1-2H3;2H,1H3/t19?,27-,28?;;/m1../s1. The van der Waals surface area contributed by atoms with Crippen molar-refractivity contribution < 1.29 is 28.9 Å². The molecule has 3 aromatic carbocycles. The lowest BCUT2D eigenvalue weighted by molar-refractivity contribution is -0.129. The van der Waals surface area contributed by atoms with Gasteiger partial charge in [-0.15, -0.1) is 0 Å². The summed E-state index contributed by atoms with van der Waals surface area (Å²) in [6.45, 7) is 9.59. The zero-order valence-corrected chi connectivity index (χ0v) is 26.0. The number of hydrogen-bond donors (Lipinski definition) is 4. The predicted molar refractivity (Wildman–Crippen MR) is 168 cm³/mol. The van der Waals surface area contributed by atoms with Gasteiger partial charge < -0.3 is 25.3 Å². The lowest BCUT2D eigenvalue weighted by Gasteiger charge is -2.29. The van der Waals surface area contributed by atoms with Crippen LogP contribution in [0.1, 0.15) is 67.0 Å². The van der Waals surface area contributed by atoms with Crippen molar-refractivity contribution in [1.29, 1.82) is 0 Å². The Kier molecular flexibility index (Phi) is 12.2. The highest BCUT2D eigenvalue weighted by Gasteiger charge is 2.46. The summed E-state index contributed by atoms with van der Waals surface area (Å²) >= 11 is 0. The zero-order chi connectivity index (χ0) is 32.4. The largest absolute Gasteiger partial charge is 0.491 e. The summed E-state index contributed by atoms with van der Waals surface area (Å²) in [5.74, 6) is -0.205. The predicted octanol–water partition coefficient (Wildman–Crippen LogP) is 5.98. The van der Waals surface area contributed by atoms with Crippen molar-refractivity contribution in [2.24, 2.45) is 0 Å². The summed E-state index contributed by atoms with van der Waals surface area (Å²) in [5, 5.41) is 18.8. The van der Waals surface area contributed by atoms with Crippen molar-refractivity contribution in [2.45, 2.75) is 52.6 Å². The molecule has 0 spiro atoms. The second-order valence-corrected chi connectivity index (χ2v) is 9.95. The molecule has 234 valence electrons. The van der Waals surface area contributed by atoms with Crippen LogP contribution in [0.5, 0.6) is 5.75 Å². The number of aryl methyl sites for hydroxylation is 2. The number of amides is 3. The van der Waals surface area contributed by atoms with E-state index in [1.54, 1.807) is 37.3 Å². The number of aromatic amines is 1. The lowest BCUT2D eigenvalue weighted by atomic mass is 9.91. The molecule has 1 aromatic heterocycles. The van der Waals surface area contributed by atoms with Gasteiger partial charge in [-0.3, -0.25) is 9.69 Å². The van der Waals surface area contributed by atoms with E-state index in [1.807, 2.05) is 64.1 Å². The highest BCUT2D eigenvalue weighted by Crippen LogP contribution is 2.40. The van der Waals surface area contributed by atoms with Crippen LogP contribution in [0.3, 0.4) is 0 Å². The van der Waals surface area contributed by atoms with Crippen molar-refractivity contribution in [1.82, 2.24) is 20.2 Å². The summed E-state index contributed by atoms with van der Waals surface area (Å²) < 4.78 is 20.3. The van der Waals surface area contributed by atoms with Crippen LogP contribution in [0, 0.1) is 19.7 Å². The SMILES string of the molecule is CC.CO.Cc1ccc(-c2nc(C(C(C)c3ccccc3)N3C(=O)N[C@H](c4ccc(OCCO)cc4)C3=O)[nH]c2C)c(F)c1. The van der Waals surface area contributed by atoms with Crippen molar-refractivity contribution in [3.8, 4) is 17.0 Å². The highest BCUT2D eigenvalue weighted by molar-refractivity contribution is 6.05. The minimum Gasteiger partial charge on any atom is -0.491 e. The topological polar surface area (TPSA) is 128 Å². The van der Waals surface area contributed by atoms with Crippen LogP contribution in [-0.2, 0) is 4.79 Å². The molecule has 2 heterocycles. The fraction of sp³-hybridized carbons (Fsp3) is 0.324. The molecule has 1 saturated heterocycles. The van der Waals surface area contributed by atoms with Crippen LogP contribution < -0.4 is 10.1 Å². The van der Waals surface area contributed by atoms with Crippen LogP contribution in [0.4, 0.5) is 9.18 Å². The number of halogens is 1. The number of H-pyrrole nitrogens is 1. The molecular formula is C34H41FN4O5. The summed E-state index contributed by atoms with van der Waals surface area (Å²) in [6, 6.07) is 19.1. The van der Waals surface area contributed by atoms with Gasteiger partial charge in [-0.05, 0) is 54.8 Å². The van der Waals surface area contributed by atoms with E-state index in [1.165, 1.54) is 11.0 Å². The Labute approximate surface area is 257 Å². The molecule has 10 heteroatoms. The van der Waals surface area contributed by atoms with Gasteiger partial charge >= 0.3 is 6.03 Å². The molecule has 3 atom stereocenters. The number of carbonyl (C=O) groups is 2. The number of aliphatic hydroxyl groups is 2. The highest BCUT2D eigenvalue weighted by atomic mass is 19.1. The maximum absolute atomic E-state index is 14.9. The van der Waals surface area contributed by atoms with Crippen LogP contribution in [0.25, 0.3) is 11.3 Å². The Bertz CT molecular complexity index is 1520. The van der Waals surface area contributed by atoms with Crippen molar-refractivity contribution >= 4 is 11.9 Å². The number of imide groups is 1. The molecule has 0 saturated carbocycles. The first-order chi connectivity index (χ1) is 21.3. The maximum Gasteiger partial charge on any atom is 0.325 e. The Morgan fingerprint density at radius 1 is 1.00 bits per heavy atom. The molecule has 0 bridgehead atoms. The number of hydrogen-bond acceptors (Lipinski definition) is 6. The zero-order valence-electron chi connectivity index (χ0n) is 26.0. The minimum atomic E-state index is -0.894. The third-order valence-electron chi connectivity index (χ3n) is 7.18. The molecule has 0 radical (unpaired) electrons.